The zero-order valence-electron chi connectivity index (χ0n) is 9.46. The predicted molar refractivity (Wildman–Crippen MR) is 66.3 cm³/mol. The number of nitrogens with one attached hydrogen (secondary N) is 1. The molecule has 16 heavy (non-hydrogen) atoms. The van der Waals surface area contributed by atoms with Crippen LogP contribution in [-0.4, -0.2) is 11.5 Å². The summed E-state index contributed by atoms with van der Waals surface area (Å²) in [5, 5.41) is 4.40. The Morgan fingerprint density at radius 1 is 1.50 bits per heavy atom. The normalized spacial score (nSPS) is 13.2. The molecule has 1 unspecified atom stereocenters. The van der Waals surface area contributed by atoms with Crippen molar-refractivity contribution in [2.45, 2.75) is 26.3 Å². The molecule has 2 nitrogen and oxygen atoms in total. The topological polar surface area (TPSA) is 24.9 Å². The van der Waals surface area contributed by atoms with Crippen LogP contribution < -0.4 is 5.32 Å². The van der Waals surface area contributed by atoms with Gasteiger partial charge in [0.05, 0.1) is 16.3 Å². The van der Waals surface area contributed by atoms with Gasteiger partial charge in [0.15, 0.2) is 0 Å². The van der Waals surface area contributed by atoms with E-state index in [0.29, 0.717) is 0 Å². The molecule has 2 aromatic rings. The van der Waals surface area contributed by atoms with E-state index in [4.69, 9.17) is 0 Å². The molecule has 2 rings (SSSR count). The number of fused-ring (bicyclic) bond motifs is 1. The van der Waals surface area contributed by atoms with Crippen molar-refractivity contribution in [2.75, 3.05) is 6.54 Å². The third kappa shape index (κ3) is 2.39. The number of hydrogen-bond acceptors (Lipinski definition) is 3. The van der Waals surface area contributed by atoms with Crippen LogP contribution in [0.4, 0.5) is 4.39 Å². The van der Waals surface area contributed by atoms with Crippen molar-refractivity contribution in [3.63, 3.8) is 0 Å². The summed E-state index contributed by atoms with van der Waals surface area (Å²) in [6.07, 6.45) is 1.10. The molecule has 4 heteroatoms. The van der Waals surface area contributed by atoms with E-state index in [1.807, 2.05) is 0 Å². The predicted octanol–water partition coefficient (Wildman–Crippen LogP) is 3.50. The van der Waals surface area contributed by atoms with Gasteiger partial charge in [-0.25, -0.2) is 9.37 Å². The zero-order chi connectivity index (χ0) is 11.5. The van der Waals surface area contributed by atoms with Gasteiger partial charge in [-0.2, -0.15) is 0 Å². The number of rotatable bonds is 4. The molecule has 1 aromatic heterocycles. The van der Waals surface area contributed by atoms with E-state index in [-0.39, 0.29) is 11.9 Å². The lowest BCUT2D eigenvalue weighted by Gasteiger charge is -2.08. The Morgan fingerprint density at radius 2 is 2.31 bits per heavy atom. The number of thiazole rings is 1. The highest BCUT2D eigenvalue weighted by Gasteiger charge is 2.10. The molecule has 1 N–H and O–H groups in total. The molecule has 0 bridgehead atoms. The van der Waals surface area contributed by atoms with E-state index in [2.05, 4.69) is 24.1 Å². The lowest BCUT2D eigenvalue weighted by molar-refractivity contribution is 0.569. The quantitative estimate of drug-likeness (QED) is 0.882. The van der Waals surface area contributed by atoms with E-state index >= 15 is 0 Å². The second-order valence-electron chi connectivity index (χ2n) is 3.84. The average Bonchev–Trinajstić information content (AvgIpc) is 2.68. The molecule has 0 saturated heterocycles. The van der Waals surface area contributed by atoms with Crippen LogP contribution in [0.5, 0.6) is 0 Å². The Morgan fingerprint density at radius 3 is 3.06 bits per heavy atom. The van der Waals surface area contributed by atoms with Crippen LogP contribution in [0.2, 0.25) is 0 Å². The molecule has 0 aliphatic carbocycles. The fraction of sp³-hybridized carbons (Fsp3) is 0.417. The maximum absolute atomic E-state index is 13.0. The minimum absolute atomic E-state index is 0.197. The molecule has 0 saturated carbocycles. The molecule has 0 amide bonds. The molecule has 1 atom stereocenters. The molecule has 86 valence electrons. The Labute approximate surface area is 98.5 Å². The SMILES string of the molecule is CCCNC(C)c1nc2ccc(F)cc2s1. The monoisotopic (exact) mass is 238 g/mol. The Hall–Kier alpha value is -1.000. The highest BCUT2D eigenvalue weighted by Crippen LogP contribution is 2.26. The fourth-order valence-electron chi connectivity index (χ4n) is 1.55. The largest absolute Gasteiger partial charge is 0.308 e. The molecule has 0 fully saturated rings. The third-order valence-electron chi connectivity index (χ3n) is 2.44. The fourth-order valence-corrected chi connectivity index (χ4v) is 2.57. The van der Waals surface area contributed by atoms with Crippen molar-refractivity contribution in [3.05, 3.63) is 29.0 Å². The van der Waals surface area contributed by atoms with Gasteiger partial charge < -0.3 is 5.32 Å². The summed E-state index contributed by atoms with van der Waals surface area (Å²) in [5.41, 5.74) is 0.881. The van der Waals surface area contributed by atoms with Gasteiger partial charge in [0.1, 0.15) is 10.8 Å². The summed E-state index contributed by atoms with van der Waals surface area (Å²) in [5.74, 6) is -0.197. The van der Waals surface area contributed by atoms with Crippen molar-refractivity contribution in [2.24, 2.45) is 0 Å². The van der Waals surface area contributed by atoms with Crippen molar-refractivity contribution in [3.8, 4) is 0 Å². The first kappa shape index (κ1) is 11.5. The van der Waals surface area contributed by atoms with Gasteiger partial charge in [-0.1, -0.05) is 6.92 Å². The minimum Gasteiger partial charge on any atom is -0.308 e. The van der Waals surface area contributed by atoms with Crippen LogP contribution in [0.15, 0.2) is 18.2 Å². The third-order valence-corrected chi connectivity index (χ3v) is 3.64. The second kappa shape index (κ2) is 4.89. The molecule has 0 spiro atoms. The van der Waals surface area contributed by atoms with Crippen molar-refractivity contribution in [1.29, 1.82) is 0 Å². The van der Waals surface area contributed by atoms with Gasteiger partial charge in [0.25, 0.3) is 0 Å². The molecular formula is C12H15FN2S. The van der Waals surface area contributed by atoms with Gasteiger partial charge >= 0.3 is 0 Å². The second-order valence-corrected chi connectivity index (χ2v) is 4.90. The molecule has 1 aromatic carbocycles. The molecular weight excluding hydrogens is 223 g/mol. The lowest BCUT2D eigenvalue weighted by Crippen LogP contribution is -2.18. The summed E-state index contributed by atoms with van der Waals surface area (Å²) in [6, 6.07) is 4.97. The van der Waals surface area contributed by atoms with E-state index in [0.717, 1.165) is 28.2 Å². The smallest absolute Gasteiger partial charge is 0.124 e. The number of halogens is 1. The highest BCUT2D eigenvalue weighted by molar-refractivity contribution is 7.18. The van der Waals surface area contributed by atoms with Gasteiger partial charge in [0.2, 0.25) is 0 Å². The molecule has 0 radical (unpaired) electrons. The lowest BCUT2D eigenvalue weighted by atomic mass is 10.3. The summed E-state index contributed by atoms with van der Waals surface area (Å²) >= 11 is 1.56. The first-order chi connectivity index (χ1) is 7.70. The summed E-state index contributed by atoms with van der Waals surface area (Å²) in [6.45, 7) is 5.20. The summed E-state index contributed by atoms with van der Waals surface area (Å²) < 4.78 is 13.9. The number of aromatic nitrogens is 1. The zero-order valence-corrected chi connectivity index (χ0v) is 10.3. The molecule has 1 heterocycles. The summed E-state index contributed by atoms with van der Waals surface area (Å²) in [7, 11) is 0. The van der Waals surface area contributed by atoms with Crippen LogP contribution in [0.25, 0.3) is 10.2 Å². The minimum atomic E-state index is -0.197. The van der Waals surface area contributed by atoms with Crippen LogP contribution >= 0.6 is 11.3 Å². The first-order valence-corrected chi connectivity index (χ1v) is 6.31. The van der Waals surface area contributed by atoms with Crippen molar-refractivity contribution >= 4 is 21.6 Å². The van der Waals surface area contributed by atoms with Crippen LogP contribution in [0, 0.1) is 5.82 Å². The number of nitrogens with zero attached hydrogens (tertiary/aromatic N) is 1. The standard InChI is InChI=1S/C12H15FN2S/c1-3-6-14-8(2)12-15-10-5-4-9(13)7-11(10)16-12/h4-5,7-8,14H,3,6H2,1-2H3. The number of benzene rings is 1. The maximum Gasteiger partial charge on any atom is 0.124 e. The Kier molecular flexibility index (Phi) is 3.51. The van der Waals surface area contributed by atoms with Gasteiger partial charge in [-0.05, 0) is 38.1 Å². The van der Waals surface area contributed by atoms with E-state index in [1.54, 1.807) is 23.5 Å². The Balaban J connectivity index is 2.25. The number of hydrogen-bond donors (Lipinski definition) is 1. The summed E-state index contributed by atoms with van der Waals surface area (Å²) in [4.78, 5) is 4.50. The van der Waals surface area contributed by atoms with E-state index in [1.165, 1.54) is 6.07 Å². The Bertz CT molecular complexity index is 481. The van der Waals surface area contributed by atoms with Crippen LogP contribution in [0.3, 0.4) is 0 Å². The van der Waals surface area contributed by atoms with Crippen molar-refractivity contribution < 1.29 is 4.39 Å². The van der Waals surface area contributed by atoms with Crippen LogP contribution in [0.1, 0.15) is 31.3 Å². The average molecular weight is 238 g/mol. The van der Waals surface area contributed by atoms with Crippen LogP contribution in [-0.2, 0) is 0 Å². The van der Waals surface area contributed by atoms with Crippen molar-refractivity contribution in [1.82, 2.24) is 10.3 Å². The maximum atomic E-state index is 13.0. The molecule has 0 aliphatic rings. The van der Waals surface area contributed by atoms with Gasteiger partial charge in [-0.15, -0.1) is 11.3 Å². The van der Waals surface area contributed by atoms with E-state index in [9.17, 15) is 4.39 Å². The first-order valence-electron chi connectivity index (χ1n) is 5.50. The van der Waals surface area contributed by atoms with Gasteiger partial charge in [-0.3, -0.25) is 0 Å². The van der Waals surface area contributed by atoms with Gasteiger partial charge in [0, 0.05) is 0 Å². The highest BCUT2D eigenvalue weighted by atomic mass is 32.1. The van der Waals surface area contributed by atoms with E-state index < -0.39 is 0 Å². The molecule has 0 aliphatic heterocycles.